The van der Waals surface area contributed by atoms with Crippen LogP contribution in [0.15, 0.2) is 42.5 Å². The highest BCUT2D eigenvalue weighted by Gasteiger charge is 2.36. The van der Waals surface area contributed by atoms with Gasteiger partial charge in [-0.1, -0.05) is 30.3 Å². The van der Waals surface area contributed by atoms with Crippen molar-refractivity contribution in [3.05, 3.63) is 65.0 Å². The predicted molar refractivity (Wildman–Crippen MR) is 123 cm³/mol. The molecule has 1 N–H and O–H groups in total. The van der Waals surface area contributed by atoms with Crippen molar-refractivity contribution in [3.63, 3.8) is 0 Å². The fourth-order valence-corrected chi connectivity index (χ4v) is 4.38. The fourth-order valence-electron chi connectivity index (χ4n) is 4.38. The normalized spacial score (nSPS) is 20.0. The Morgan fingerprint density at radius 1 is 1.09 bits per heavy atom. The number of hydrogen-bond donors (Lipinski definition) is 1. The average Bonchev–Trinajstić information content (AvgIpc) is 3.15. The van der Waals surface area contributed by atoms with E-state index in [2.05, 4.69) is 34.3 Å². The SMILES string of the molecule is Cc1ccc(N2CC(C(=O)NCc3cccc(CN4CCN(C)CC4)c3)CC2=O)c(F)c1. The molecule has 0 bridgehead atoms. The van der Waals surface area contributed by atoms with Crippen molar-refractivity contribution in [2.24, 2.45) is 5.92 Å². The molecule has 2 aliphatic rings. The van der Waals surface area contributed by atoms with Crippen molar-refractivity contribution in [1.29, 1.82) is 0 Å². The van der Waals surface area contributed by atoms with Crippen LogP contribution in [0, 0.1) is 18.7 Å². The summed E-state index contributed by atoms with van der Waals surface area (Å²) in [6, 6.07) is 13.1. The molecule has 2 heterocycles. The topological polar surface area (TPSA) is 55.9 Å². The highest BCUT2D eigenvalue weighted by molar-refractivity contribution is 6.00. The number of aryl methyl sites for hydroxylation is 1. The van der Waals surface area contributed by atoms with Crippen LogP contribution in [-0.4, -0.2) is 61.4 Å². The Morgan fingerprint density at radius 2 is 1.84 bits per heavy atom. The molecule has 2 saturated heterocycles. The zero-order valence-electron chi connectivity index (χ0n) is 18.8. The van der Waals surface area contributed by atoms with E-state index >= 15 is 0 Å². The maximum Gasteiger partial charge on any atom is 0.227 e. The number of nitrogens with one attached hydrogen (secondary N) is 1. The van der Waals surface area contributed by atoms with Gasteiger partial charge in [-0.15, -0.1) is 0 Å². The summed E-state index contributed by atoms with van der Waals surface area (Å²) in [5.74, 6) is -1.30. The quantitative estimate of drug-likeness (QED) is 0.753. The molecule has 1 atom stereocenters. The minimum Gasteiger partial charge on any atom is -0.352 e. The van der Waals surface area contributed by atoms with Crippen LogP contribution in [0.1, 0.15) is 23.1 Å². The molecule has 32 heavy (non-hydrogen) atoms. The van der Waals surface area contributed by atoms with E-state index in [1.165, 1.54) is 16.5 Å². The Kier molecular flexibility index (Phi) is 6.86. The van der Waals surface area contributed by atoms with Gasteiger partial charge >= 0.3 is 0 Å². The van der Waals surface area contributed by atoms with Gasteiger partial charge in [0.1, 0.15) is 5.82 Å². The van der Waals surface area contributed by atoms with Gasteiger partial charge in [0.15, 0.2) is 0 Å². The summed E-state index contributed by atoms with van der Waals surface area (Å²) in [7, 11) is 2.15. The molecule has 2 aliphatic heterocycles. The summed E-state index contributed by atoms with van der Waals surface area (Å²) < 4.78 is 14.3. The maximum absolute atomic E-state index is 14.3. The number of benzene rings is 2. The van der Waals surface area contributed by atoms with E-state index in [4.69, 9.17) is 0 Å². The number of piperazine rings is 1. The molecule has 1 unspecified atom stereocenters. The lowest BCUT2D eigenvalue weighted by atomic mass is 10.1. The number of rotatable bonds is 6. The third-order valence-electron chi connectivity index (χ3n) is 6.35. The second-order valence-corrected chi connectivity index (χ2v) is 8.98. The van der Waals surface area contributed by atoms with Crippen molar-refractivity contribution in [2.75, 3.05) is 44.7 Å². The van der Waals surface area contributed by atoms with Crippen LogP contribution in [0.5, 0.6) is 0 Å². The largest absolute Gasteiger partial charge is 0.352 e. The van der Waals surface area contributed by atoms with Crippen LogP contribution in [-0.2, 0) is 22.7 Å². The van der Waals surface area contributed by atoms with Gasteiger partial charge in [-0.25, -0.2) is 4.39 Å². The summed E-state index contributed by atoms with van der Waals surface area (Å²) in [4.78, 5) is 31.3. The maximum atomic E-state index is 14.3. The summed E-state index contributed by atoms with van der Waals surface area (Å²) >= 11 is 0. The molecule has 2 aromatic rings. The smallest absolute Gasteiger partial charge is 0.227 e. The van der Waals surface area contributed by atoms with Crippen LogP contribution in [0.25, 0.3) is 0 Å². The molecule has 0 aliphatic carbocycles. The number of amides is 2. The third-order valence-corrected chi connectivity index (χ3v) is 6.35. The van der Waals surface area contributed by atoms with Crippen molar-refractivity contribution in [2.45, 2.75) is 26.4 Å². The Hall–Kier alpha value is -2.77. The van der Waals surface area contributed by atoms with Crippen molar-refractivity contribution in [1.82, 2.24) is 15.1 Å². The number of hydrogen-bond acceptors (Lipinski definition) is 4. The Balaban J connectivity index is 1.31. The van der Waals surface area contributed by atoms with Crippen molar-refractivity contribution >= 4 is 17.5 Å². The number of carbonyl (C=O) groups is 2. The zero-order valence-corrected chi connectivity index (χ0v) is 18.8. The molecule has 170 valence electrons. The molecular formula is C25H31FN4O2. The van der Waals surface area contributed by atoms with Gasteiger partial charge < -0.3 is 15.1 Å². The van der Waals surface area contributed by atoms with E-state index in [0.29, 0.717) is 6.54 Å². The molecule has 6 nitrogen and oxygen atoms in total. The second kappa shape index (κ2) is 9.79. The third kappa shape index (κ3) is 5.34. The predicted octanol–water partition coefficient (Wildman–Crippen LogP) is 2.55. The number of likely N-dealkylation sites (N-methyl/N-ethyl adjacent to an activating group) is 1. The van der Waals surface area contributed by atoms with Gasteiger partial charge in [-0.05, 0) is 42.8 Å². The minimum absolute atomic E-state index is 0.0998. The van der Waals surface area contributed by atoms with Crippen molar-refractivity contribution in [3.8, 4) is 0 Å². The van der Waals surface area contributed by atoms with E-state index in [9.17, 15) is 14.0 Å². The molecule has 0 radical (unpaired) electrons. The van der Waals surface area contributed by atoms with Crippen LogP contribution in [0.3, 0.4) is 0 Å². The van der Waals surface area contributed by atoms with Gasteiger partial charge in [0.05, 0.1) is 11.6 Å². The van der Waals surface area contributed by atoms with E-state index in [1.807, 2.05) is 12.1 Å². The molecule has 2 fully saturated rings. The summed E-state index contributed by atoms with van der Waals surface area (Å²) in [6.07, 6.45) is 0.0998. The first-order valence-electron chi connectivity index (χ1n) is 11.2. The number of halogens is 1. The molecule has 4 rings (SSSR count). The van der Waals surface area contributed by atoms with Crippen LogP contribution in [0.4, 0.5) is 10.1 Å². The highest BCUT2D eigenvalue weighted by atomic mass is 19.1. The van der Waals surface area contributed by atoms with Gasteiger partial charge in [-0.2, -0.15) is 0 Å². The minimum atomic E-state index is -0.475. The van der Waals surface area contributed by atoms with E-state index in [0.717, 1.165) is 43.9 Å². The first kappa shape index (κ1) is 22.4. The molecular weight excluding hydrogens is 407 g/mol. The lowest BCUT2D eigenvalue weighted by Crippen LogP contribution is -2.43. The monoisotopic (exact) mass is 438 g/mol. The lowest BCUT2D eigenvalue weighted by molar-refractivity contribution is -0.126. The zero-order chi connectivity index (χ0) is 22.7. The number of anilines is 1. The molecule has 0 saturated carbocycles. The Morgan fingerprint density at radius 3 is 2.59 bits per heavy atom. The average molecular weight is 439 g/mol. The highest BCUT2D eigenvalue weighted by Crippen LogP contribution is 2.28. The fraction of sp³-hybridized carbons (Fsp3) is 0.440. The molecule has 7 heteroatoms. The summed E-state index contributed by atoms with van der Waals surface area (Å²) in [5.41, 5.74) is 3.31. The van der Waals surface area contributed by atoms with Crippen LogP contribution in [0.2, 0.25) is 0 Å². The van der Waals surface area contributed by atoms with Gasteiger partial charge in [0.25, 0.3) is 0 Å². The molecule has 2 amide bonds. The molecule has 0 spiro atoms. The van der Waals surface area contributed by atoms with E-state index in [1.54, 1.807) is 19.1 Å². The standard InChI is InChI=1S/C25H31FN4O2/c1-18-6-7-23(22(26)12-18)30-17-21(14-24(30)31)25(32)27-15-19-4-3-5-20(13-19)16-29-10-8-28(2)9-11-29/h3-7,12-13,21H,8-11,14-17H2,1-2H3,(H,27,32). The number of carbonyl (C=O) groups excluding carboxylic acids is 2. The van der Waals surface area contributed by atoms with Gasteiger partial charge in [0.2, 0.25) is 11.8 Å². The summed E-state index contributed by atoms with van der Waals surface area (Å²) in [6.45, 7) is 7.61. The lowest BCUT2D eigenvalue weighted by Gasteiger charge is -2.32. The van der Waals surface area contributed by atoms with E-state index in [-0.39, 0.29) is 30.5 Å². The molecule has 2 aromatic carbocycles. The van der Waals surface area contributed by atoms with E-state index < -0.39 is 11.7 Å². The number of nitrogens with zero attached hydrogens (tertiary/aromatic N) is 3. The Bertz CT molecular complexity index is 988. The van der Waals surface area contributed by atoms with Gasteiger partial charge in [-0.3, -0.25) is 14.5 Å². The Labute approximate surface area is 189 Å². The first-order chi connectivity index (χ1) is 15.4. The van der Waals surface area contributed by atoms with Gasteiger partial charge in [0, 0.05) is 52.2 Å². The van der Waals surface area contributed by atoms with Crippen LogP contribution < -0.4 is 10.2 Å². The summed E-state index contributed by atoms with van der Waals surface area (Å²) in [5, 5.41) is 2.96. The molecule has 0 aromatic heterocycles. The second-order valence-electron chi connectivity index (χ2n) is 8.98. The first-order valence-corrected chi connectivity index (χ1v) is 11.2. The van der Waals surface area contributed by atoms with Crippen LogP contribution >= 0.6 is 0 Å². The van der Waals surface area contributed by atoms with Crippen molar-refractivity contribution < 1.29 is 14.0 Å².